The zero-order chi connectivity index (χ0) is 24.8. The van der Waals surface area contributed by atoms with E-state index in [0.717, 1.165) is 31.2 Å². The summed E-state index contributed by atoms with van der Waals surface area (Å²) >= 11 is 0. The quantitative estimate of drug-likeness (QED) is 0.310. The molecule has 0 aromatic heterocycles. The van der Waals surface area contributed by atoms with Crippen molar-refractivity contribution in [1.82, 2.24) is 0 Å². The molecule has 0 atom stereocenters. The molecule has 186 valence electrons. The lowest BCUT2D eigenvalue weighted by Crippen LogP contribution is -2.21. The average Bonchev–Trinajstić information content (AvgIpc) is 2.87. The van der Waals surface area contributed by atoms with E-state index < -0.39 is 17.5 Å². The molecule has 0 bridgehead atoms. The Labute approximate surface area is 204 Å². The van der Waals surface area contributed by atoms with Crippen LogP contribution in [0.15, 0.2) is 54.6 Å². The van der Waals surface area contributed by atoms with Gasteiger partial charge in [0.2, 0.25) is 0 Å². The first-order valence-corrected chi connectivity index (χ1v) is 12.2. The Morgan fingerprint density at radius 2 is 1.51 bits per heavy atom. The van der Waals surface area contributed by atoms with Crippen LogP contribution < -0.4 is 9.47 Å². The molecule has 6 heteroatoms. The normalized spacial score (nSPS) is 17.9. The van der Waals surface area contributed by atoms with Crippen LogP contribution in [0.1, 0.15) is 56.6 Å². The van der Waals surface area contributed by atoms with Crippen LogP contribution in [0.2, 0.25) is 0 Å². The minimum atomic E-state index is -0.824. The van der Waals surface area contributed by atoms with Crippen LogP contribution >= 0.6 is 0 Å². The molecule has 4 rings (SSSR count). The summed E-state index contributed by atoms with van der Waals surface area (Å²) in [5, 5.41) is 0. The van der Waals surface area contributed by atoms with E-state index in [-0.39, 0.29) is 29.9 Å². The summed E-state index contributed by atoms with van der Waals surface area (Å²) in [6, 6.07) is 14.8. The maximum atomic E-state index is 15.0. The molecular formula is C29H31F3O3. The van der Waals surface area contributed by atoms with Gasteiger partial charge in [-0.25, -0.2) is 13.2 Å². The second kappa shape index (κ2) is 11.6. The smallest absolute Gasteiger partial charge is 0.168 e. The van der Waals surface area contributed by atoms with Gasteiger partial charge in [0.1, 0.15) is 12.4 Å². The van der Waals surface area contributed by atoms with Gasteiger partial charge in [-0.3, -0.25) is 0 Å². The highest BCUT2D eigenvalue weighted by molar-refractivity contribution is 5.65. The standard InChI is InChI=1S/C29H31F3O3/c1-3-33-22-11-9-21(10-12-22)25-15-14-24(28(31)29(25)32)20-7-5-19(6-8-20)18-35-27-16-13-23(34-4-2)17-26(27)30/h5-8,13-17,21-22H,3-4,9-12,18H2,1-2H3. The van der Waals surface area contributed by atoms with Crippen LogP contribution in [-0.4, -0.2) is 19.3 Å². The molecule has 35 heavy (non-hydrogen) atoms. The molecule has 1 aliphatic carbocycles. The number of hydrogen-bond donors (Lipinski definition) is 0. The summed E-state index contributed by atoms with van der Waals surface area (Å²) in [5.41, 5.74) is 2.03. The predicted octanol–water partition coefficient (Wildman–Crippen LogP) is 7.81. The molecule has 0 radical (unpaired) electrons. The largest absolute Gasteiger partial charge is 0.494 e. The topological polar surface area (TPSA) is 27.7 Å². The van der Waals surface area contributed by atoms with Crippen LogP contribution in [-0.2, 0) is 11.3 Å². The van der Waals surface area contributed by atoms with Crippen LogP contribution in [0.25, 0.3) is 11.1 Å². The Morgan fingerprint density at radius 1 is 0.771 bits per heavy atom. The molecule has 0 unspecified atom stereocenters. The third kappa shape index (κ3) is 5.99. The maximum absolute atomic E-state index is 15.0. The first kappa shape index (κ1) is 25.1. The van der Waals surface area contributed by atoms with Crippen molar-refractivity contribution in [3.8, 4) is 22.6 Å². The lowest BCUT2D eigenvalue weighted by atomic mass is 9.82. The van der Waals surface area contributed by atoms with Gasteiger partial charge in [0.15, 0.2) is 23.2 Å². The molecule has 0 saturated heterocycles. The van der Waals surface area contributed by atoms with Gasteiger partial charge in [0, 0.05) is 18.2 Å². The number of rotatable bonds is 9. The van der Waals surface area contributed by atoms with Gasteiger partial charge >= 0.3 is 0 Å². The first-order valence-electron chi connectivity index (χ1n) is 12.2. The van der Waals surface area contributed by atoms with Gasteiger partial charge in [0.25, 0.3) is 0 Å². The summed E-state index contributed by atoms with van der Waals surface area (Å²) in [5.74, 6) is -1.51. The lowest BCUT2D eigenvalue weighted by Gasteiger charge is -2.29. The van der Waals surface area contributed by atoms with Gasteiger partial charge < -0.3 is 14.2 Å². The summed E-state index contributed by atoms with van der Waals surface area (Å²) in [7, 11) is 0. The Kier molecular flexibility index (Phi) is 8.34. The highest BCUT2D eigenvalue weighted by atomic mass is 19.2. The van der Waals surface area contributed by atoms with E-state index in [2.05, 4.69) is 0 Å². The van der Waals surface area contributed by atoms with Crippen molar-refractivity contribution in [3.05, 3.63) is 83.2 Å². The molecule has 0 heterocycles. The van der Waals surface area contributed by atoms with Crippen molar-refractivity contribution in [2.75, 3.05) is 13.2 Å². The Hall–Kier alpha value is -2.99. The minimum absolute atomic E-state index is 0.0118. The minimum Gasteiger partial charge on any atom is -0.494 e. The molecule has 0 amide bonds. The third-order valence-electron chi connectivity index (χ3n) is 6.50. The van der Waals surface area contributed by atoms with Crippen molar-refractivity contribution < 1.29 is 27.4 Å². The van der Waals surface area contributed by atoms with Gasteiger partial charge in [0.05, 0.1) is 12.7 Å². The van der Waals surface area contributed by atoms with Gasteiger partial charge in [-0.1, -0.05) is 36.4 Å². The SMILES string of the molecule is CCOc1ccc(OCc2ccc(-c3ccc(C4CCC(OCC)CC4)c(F)c3F)cc2)c(F)c1. The lowest BCUT2D eigenvalue weighted by molar-refractivity contribution is 0.0325. The van der Waals surface area contributed by atoms with Crippen LogP contribution in [0.3, 0.4) is 0 Å². The third-order valence-corrected chi connectivity index (χ3v) is 6.50. The molecule has 1 saturated carbocycles. The Morgan fingerprint density at radius 3 is 2.17 bits per heavy atom. The highest BCUT2D eigenvalue weighted by Crippen LogP contribution is 2.38. The van der Waals surface area contributed by atoms with E-state index in [1.165, 1.54) is 12.1 Å². The molecule has 3 aromatic rings. The fourth-order valence-corrected chi connectivity index (χ4v) is 4.68. The van der Waals surface area contributed by atoms with Gasteiger partial charge in [-0.05, 0) is 74.3 Å². The summed E-state index contributed by atoms with van der Waals surface area (Å²) < 4.78 is 60.7. The van der Waals surface area contributed by atoms with E-state index >= 15 is 8.78 Å². The van der Waals surface area contributed by atoms with Crippen LogP contribution in [0.4, 0.5) is 13.2 Å². The number of hydrogen-bond acceptors (Lipinski definition) is 3. The summed E-state index contributed by atoms with van der Waals surface area (Å²) in [4.78, 5) is 0. The van der Waals surface area contributed by atoms with Crippen molar-refractivity contribution in [1.29, 1.82) is 0 Å². The van der Waals surface area contributed by atoms with Gasteiger partial charge in [-0.15, -0.1) is 0 Å². The van der Waals surface area contributed by atoms with Crippen molar-refractivity contribution in [2.45, 2.75) is 58.2 Å². The second-order valence-electron chi connectivity index (χ2n) is 8.77. The number of benzene rings is 3. The molecule has 0 aliphatic heterocycles. The van der Waals surface area contributed by atoms with Crippen molar-refractivity contribution >= 4 is 0 Å². The maximum Gasteiger partial charge on any atom is 0.168 e. The van der Waals surface area contributed by atoms with E-state index in [0.29, 0.717) is 30.1 Å². The molecule has 3 nitrogen and oxygen atoms in total. The fraction of sp³-hybridized carbons (Fsp3) is 0.379. The first-order chi connectivity index (χ1) is 17.0. The van der Waals surface area contributed by atoms with E-state index in [9.17, 15) is 4.39 Å². The van der Waals surface area contributed by atoms with Crippen molar-refractivity contribution in [2.24, 2.45) is 0 Å². The Balaban J connectivity index is 1.41. The molecular weight excluding hydrogens is 453 g/mol. The van der Waals surface area contributed by atoms with E-state index in [4.69, 9.17) is 14.2 Å². The second-order valence-corrected chi connectivity index (χ2v) is 8.77. The zero-order valence-electron chi connectivity index (χ0n) is 20.2. The number of halogens is 3. The van der Waals surface area contributed by atoms with Crippen LogP contribution in [0, 0.1) is 17.5 Å². The van der Waals surface area contributed by atoms with Crippen molar-refractivity contribution in [3.63, 3.8) is 0 Å². The monoisotopic (exact) mass is 484 g/mol. The summed E-state index contributed by atoms with van der Waals surface area (Å²) in [6.07, 6.45) is 3.54. The molecule has 0 spiro atoms. The highest BCUT2D eigenvalue weighted by Gasteiger charge is 2.26. The molecule has 1 aliphatic rings. The van der Waals surface area contributed by atoms with Crippen LogP contribution in [0.5, 0.6) is 11.5 Å². The zero-order valence-corrected chi connectivity index (χ0v) is 20.2. The van der Waals surface area contributed by atoms with E-state index in [1.54, 1.807) is 42.5 Å². The predicted molar refractivity (Wildman–Crippen MR) is 130 cm³/mol. The molecule has 3 aromatic carbocycles. The molecule has 0 N–H and O–H groups in total. The number of ether oxygens (including phenoxy) is 3. The van der Waals surface area contributed by atoms with E-state index in [1.807, 2.05) is 13.8 Å². The van der Waals surface area contributed by atoms with Gasteiger partial charge in [-0.2, -0.15) is 0 Å². The average molecular weight is 485 g/mol. The Bertz CT molecular complexity index is 1120. The summed E-state index contributed by atoms with van der Waals surface area (Å²) in [6.45, 7) is 5.08. The fourth-order valence-electron chi connectivity index (χ4n) is 4.68. The molecule has 1 fully saturated rings.